The van der Waals surface area contributed by atoms with Crippen LogP contribution in [0.25, 0.3) is 0 Å². The second-order valence-corrected chi connectivity index (χ2v) is 9.67. The van der Waals surface area contributed by atoms with Gasteiger partial charge in [0.05, 0.1) is 11.4 Å². The van der Waals surface area contributed by atoms with Crippen molar-refractivity contribution in [3.05, 3.63) is 65.7 Å². The van der Waals surface area contributed by atoms with E-state index in [4.69, 9.17) is 0 Å². The molecule has 0 saturated heterocycles. The van der Waals surface area contributed by atoms with E-state index in [1.807, 2.05) is 51.1 Å². The van der Waals surface area contributed by atoms with Crippen LogP contribution >= 0.6 is 0 Å². The summed E-state index contributed by atoms with van der Waals surface area (Å²) in [5.74, 6) is -0.616. The van der Waals surface area contributed by atoms with Crippen molar-refractivity contribution in [2.45, 2.75) is 44.7 Å². The molecule has 0 unspecified atom stereocenters. The third-order valence-corrected chi connectivity index (χ3v) is 7.14. The molecule has 1 aliphatic rings. The van der Waals surface area contributed by atoms with Crippen molar-refractivity contribution in [2.75, 3.05) is 13.1 Å². The Kier molecular flexibility index (Phi) is 7.86. The molecule has 8 nitrogen and oxygen atoms in total. The van der Waals surface area contributed by atoms with Gasteiger partial charge in [0.1, 0.15) is 11.9 Å². The van der Waals surface area contributed by atoms with Crippen LogP contribution in [-0.4, -0.2) is 50.1 Å². The standard InChI is InChI=1S/C24H30N4O4S/c1-4-17(3)22(26-23-19-13-9-10-14-20(19)33(31,32)27-23)24(30)25-15-21(29)28(5-2)16-18-11-7-6-8-12-18/h6-14,17,22H,4-5,15-16H2,1-3H3,(H,25,30)(H,26,27)/t17-,22-/m0/s1. The average molecular weight is 471 g/mol. The van der Waals surface area contributed by atoms with Gasteiger partial charge in [-0.1, -0.05) is 62.7 Å². The van der Waals surface area contributed by atoms with Crippen LogP contribution in [0.3, 0.4) is 0 Å². The lowest BCUT2D eigenvalue weighted by molar-refractivity contribution is -0.133. The van der Waals surface area contributed by atoms with Crippen LogP contribution in [0.2, 0.25) is 0 Å². The lowest BCUT2D eigenvalue weighted by atomic mass is 9.98. The summed E-state index contributed by atoms with van der Waals surface area (Å²) in [4.78, 5) is 32.0. The summed E-state index contributed by atoms with van der Waals surface area (Å²) in [6.45, 7) is 6.52. The maximum atomic E-state index is 13.0. The summed E-state index contributed by atoms with van der Waals surface area (Å²) in [7, 11) is -3.70. The van der Waals surface area contributed by atoms with Gasteiger partial charge in [0.2, 0.25) is 11.8 Å². The molecule has 0 spiro atoms. The van der Waals surface area contributed by atoms with E-state index in [1.165, 1.54) is 6.07 Å². The van der Waals surface area contributed by atoms with Gasteiger partial charge in [0, 0.05) is 18.7 Å². The number of likely N-dealkylation sites (N-methyl/N-ethyl adjacent to an activating group) is 1. The number of rotatable bonds is 9. The number of hydrogen-bond acceptors (Lipinski definition) is 5. The smallest absolute Gasteiger partial charge is 0.263 e. The van der Waals surface area contributed by atoms with Gasteiger partial charge >= 0.3 is 0 Å². The fourth-order valence-corrected chi connectivity index (χ4v) is 4.83. The normalized spacial score (nSPS) is 17.0. The van der Waals surface area contributed by atoms with Crippen molar-refractivity contribution in [1.82, 2.24) is 14.9 Å². The maximum absolute atomic E-state index is 13.0. The zero-order valence-electron chi connectivity index (χ0n) is 19.1. The van der Waals surface area contributed by atoms with Crippen molar-refractivity contribution in [3.63, 3.8) is 0 Å². The van der Waals surface area contributed by atoms with Crippen LogP contribution in [0.4, 0.5) is 0 Å². The zero-order chi connectivity index (χ0) is 24.0. The molecule has 0 aliphatic carbocycles. The Morgan fingerprint density at radius 2 is 1.73 bits per heavy atom. The van der Waals surface area contributed by atoms with E-state index in [2.05, 4.69) is 15.0 Å². The number of nitrogens with zero attached hydrogens (tertiary/aromatic N) is 2. The number of benzene rings is 2. The molecular formula is C24H30N4O4S. The summed E-state index contributed by atoms with van der Waals surface area (Å²) in [5.41, 5.74) is 1.45. The van der Waals surface area contributed by atoms with Gasteiger partial charge in [-0.2, -0.15) is 0 Å². The summed E-state index contributed by atoms with van der Waals surface area (Å²) in [6, 6.07) is 15.3. The van der Waals surface area contributed by atoms with Crippen molar-refractivity contribution < 1.29 is 18.0 Å². The van der Waals surface area contributed by atoms with E-state index in [0.717, 1.165) is 5.56 Å². The minimum atomic E-state index is -3.70. The predicted octanol–water partition coefficient (Wildman–Crippen LogP) is 2.30. The third kappa shape index (κ3) is 5.78. The summed E-state index contributed by atoms with van der Waals surface area (Å²) in [5, 5.41) is 2.70. The lowest BCUT2D eigenvalue weighted by Gasteiger charge is -2.23. The molecule has 9 heteroatoms. The van der Waals surface area contributed by atoms with E-state index in [1.54, 1.807) is 23.1 Å². The van der Waals surface area contributed by atoms with Gasteiger partial charge in [0.15, 0.2) is 0 Å². The molecule has 0 radical (unpaired) electrons. The maximum Gasteiger partial charge on any atom is 0.263 e. The van der Waals surface area contributed by atoms with E-state index < -0.39 is 22.0 Å². The molecule has 0 saturated carbocycles. The Balaban J connectivity index is 1.73. The first-order valence-corrected chi connectivity index (χ1v) is 12.5. The summed E-state index contributed by atoms with van der Waals surface area (Å²) < 4.78 is 27.2. The Hall–Kier alpha value is -3.20. The highest BCUT2D eigenvalue weighted by Crippen LogP contribution is 2.24. The summed E-state index contributed by atoms with van der Waals surface area (Å²) in [6.07, 6.45) is 0.659. The average Bonchev–Trinajstić information content (AvgIpc) is 3.09. The van der Waals surface area contributed by atoms with Gasteiger partial charge in [0.25, 0.3) is 10.0 Å². The number of amides is 2. The van der Waals surface area contributed by atoms with Gasteiger partial charge < -0.3 is 10.2 Å². The second kappa shape index (κ2) is 10.6. The van der Waals surface area contributed by atoms with Gasteiger partial charge in [-0.3, -0.25) is 19.3 Å². The minimum absolute atomic E-state index is 0.140. The van der Waals surface area contributed by atoms with Crippen LogP contribution in [-0.2, 0) is 26.2 Å². The number of amidine groups is 1. The molecular weight excluding hydrogens is 440 g/mol. The number of aliphatic imine (C=N–C) groups is 1. The van der Waals surface area contributed by atoms with Crippen LogP contribution < -0.4 is 10.0 Å². The number of carbonyl (C=O) groups is 2. The lowest BCUT2D eigenvalue weighted by Crippen LogP contribution is -2.44. The fraction of sp³-hybridized carbons (Fsp3) is 0.375. The van der Waals surface area contributed by atoms with Crippen LogP contribution in [0.15, 0.2) is 64.5 Å². The van der Waals surface area contributed by atoms with Crippen molar-refractivity contribution in [1.29, 1.82) is 0 Å². The molecule has 33 heavy (non-hydrogen) atoms. The fourth-order valence-electron chi connectivity index (χ4n) is 3.60. The Morgan fingerprint density at radius 3 is 2.39 bits per heavy atom. The molecule has 2 atom stereocenters. The molecule has 3 rings (SSSR count). The van der Waals surface area contributed by atoms with Crippen molar-refractivity contribution in [2.24, 2.45) is 10.9 Å². The number of hydrogen-bond donors (Lipinski definition) is 2. The highest BCUT2D eigenvalue weighted by Gasteiger charge is 2.33. The highest BCUT2D eigenvalue weighted by atomic mass is 32.2. The zero-order valence-corrected chi connectivity index (χ0v) is 19.9. The number of carbonyl (C=O) groups excluding carboxylic acids is 2. The first-order valence-electron chi connectivity index (χ1n) is 11.1. The minimum Gasteiger partial charge on any atom is -0.345 e. The monoisotopic (exact) mass is 470 g/mol. The molecule has 2 N–H and O–H groups in total. The van der Waals surface area contributed by atoms with Crippen molar-refractivity contribution in [3.8, 4) is 0 Å². The molecule has 2 aromatic carbocycles. The van der Waals surface area contributed by atoms with Crippen molar-refractivity contribution >= 4 is 27.7 Å². The first kappa shape index (κ1) is 24.4. The number of nitrogens with one attached hydrogen (secondary N) is 2. The largest absolute Gasteiger partial charge is 0.345 e. The molecule has 0 aromatic heterocycles. The van der Waals surface area contributed by atoms with E-state index >= 15 is 0 Å². The van der Waals surface area contributed by atoms with Gasteiger partial charge in [-0.05, 0) is 30.5 Å². The number of sulfonamides is 1. The molecule has 1 aliphatic heterocycles. The molecule has 1 heterocycles. The van der Waals surface area contributed by atoms with Crippen LogP contribution in [0.5, 0.6) is 0 Å². The molecule has 2 aromatic rings. The molecule has 2 amide bonds. The SMILES string of the molecule is CC[C@H](C)[C@H](N=C1NS(=O)(=O)c2ccccc21)C(=O)NCC(=O)N(CC)Cc1ccccc1. The number of fused-ring (bicyclic) bond motifs is 1. The quantitative estimate of drug-likeness (QED) is 0.586. The molecule has 176 valence electrons. The highest BCUT2D eigenvalue weighted by molar-refractivity contribution is 7.90. The first-order chi connectivity index (χ1) is 15.8. The Morgan fingerprint density at radius 1 is 1.06 bits per heavy atom. The second-order valence-electron chi connectivity index (χ2n) is 8.02. The summed E-state index contributed by atoms with van der Waals surface area (Å²) >= 11 is 0. The topological polar surface area (TPSA) is 108 Å². The molecule has 0 bridgehead atoms. The van der Waals surface area contributed by atoms with E-state index in [-0.39, 0.29) is 29.1 Å². The third-order valence-electron chi connectivity index (χ3n) is 5.75. The van der Waals surface area contributed by atoms with Crippen LogP contribution in [0.1, 0.15) is 38.3 Å². The van der Waals surface area contributed by atoms with Gasteiger partial charge in [-0.15, -0.1) is 0 Å². The molecule has 0 fully saturated rings. The Labute approximate surface area is 195 Å². The van der Waals surface area contributed by atoms with Crippen LogP contribution in [0, 0.1) is 5.92 Å². The van der Waals surface area contributed by atoms with Gasteiger partial charge in [-0.25, -0.2) is 8.42 Å². The van der Waals surface area contributed by atoms with E-state index in [0.29, 0.717) is 25.1 Å². The van der Waals surface area contributed by atoms with E-state index in [9.17, 15) is 18.0 Å². The Bertz CT molecular complexity index is 1130. The predicted molar refractivity (Wildman–Crippen MR) is 127 cm³/mol.